The molecule has 1 saturated heterocycles. The predicted octanol–water partition coefficient (Wildman–Crippen LogP) is 2.05. The number of fused-ring (bicyclic) bond motifs is 1. The summed E-state index contributed by atoms with van der Waals surface area (Å²) in [5.41, 5.74) is 1.07. The van der Waals surface area contributed by atoms with Crippen LogP contribution >= 0.6 is 0 Å². The van der Waals surface area contributed by atoms with Crippen molar-refractivity contribution in [3.8, 4) is 5.75 Å². The molecule has 1 unspecified atom stereocenters. The lowest BCUT2D eigenvalue weighted by molar-refractivity contribution is -0.125. The Morgan fingerprint density at radius 1 is 1.15 bits per heavy atom. The minimum absolute atomic E-state index is 0.171. The molecule has 4 nitrogen and oxygen atoms in total. The van der Waals surface area contributed by atoms with Crippen molar-refractivity contribution in [3.05, 3.63) is 42.0 Å². The summed E-state index contributed by atoms with van der Waals surface area (Å²) in [4.78, 5) is 23.0. The van der Waals surface area contributed by atoms with E-state index in [0.29, 0.717) is 6.42 Å². The van der Waals surface area contributed by atoms with Crippen LogP contribution < -0.4 is 10.1 Å². The number of carbonyl (C=O) groups excluding carboxylic acids is 2. The summed E-state index contributed by atoms with van der Waals surface area (Å²) in [5.74, 6) is 0.198. The first-order valence-electron chi connectivity index (χ1n) is 6.57. The Balaban J connectivity index is 2.00. The topological polar surface area (TPSA) is 55.4 Å². The van der Waals surface area contributed by atoms with Crippen molar-refractivity contribution < 1.29 is 14.3 Å². The summed E-state index contributed by atoms with van der Waals surface area (Å²) in [7, 11) is 1.64. The molecule has 4 heteroatoms. The molecule has 0 bridgehead atoms. The first kappa shape index (κ1) is 12.7. The molecule has 1 aliphatic rings. The normalized spacial score (nSPS) is 18.4. The zero-order valence-electron chi connectivity index (χ0n) is 11.2. The minimum Gasteiger partial charge on any atom is -0.496 e. The van der Waals surface area contributed by atoms with E-state index in [0.717, 1.165) is 22.1 Å². The fraction of sp³-hybridized carbons (Fsp3) is 0.250. The Morgan fingerprint density at radius 2 is 1.90 bits per heavy atom. The van der Waals surface area contributed by atoms with Crippen LogP contribution in [-0.4, -0.2) is 18.9 Å². The Hall–Kier alpha value is -2.36. The summed E-state index contributed by atoms with van der Waals surface area (Å²) in [6, 6.07) is 11.8. The number of methoxy groups -OCH3 is 1. The zero-order chi connectivity index (χ0) is 14.1. The molecule has 0 spiro atoms. The maximum Gasteiger partial charge on any atom is 0.230 e. The fourth-order valence-electron chi connectivity index (χ4n) is 2.73. The zero-order valence-corrected chi connectivity index (χ0v) is 11.2. The molecule has 102 valence electrons. The first-order chi connectivity index (χ1) is 9.69. The Bertz CT molecular complexity index is 693. The molecule has 1 heterocycles. The van der Waals surface area contributed by atoms with Crippen molar-refractivity contribution in [2.45, 2.75) is 12.8 Å². The van der Waals surface area contributed by atoms with Gasteiger partial charge in [-0.2, -0.15) is 0 Å². The van der Waals surface area contributed by atoms with Crippen LogP contribution in [0.2, 0.25) is 0 Å². The van der Waals surface area contributed by atoms with Crippen LogP contribution in [0.25, 0.3) is 10.8 Å². The van der Waals surface area contributed by atoms with Crippen molar-refractivity contribution in [2.24, 2.45) is 5.92 Å². The number of rotatable bonds is 3. The van der Waals surface area contributed by atoms with Gasteiger partial charge in [-0.15, -0.1) is 0 Å². The lowest BCUT2D eigenvalue weighted by atomic mass is 9.93. The molecule has 0 aliphatic carbocycles. The number of carbonyl (C=O) groups is 2. The largest absolute Gasteiger partial charge is 0.496 e. The van der Waals surface area contributed by atoms with Crippen LogP contribution in [0.5, 0.6) is 5.75 Å². The lowest BCUT2D eigenvalue weighted by Gasteiger charge is -2.12. The second-order valence-corrected chi connectivity index (χ2v) is 4.99. The Morgan fingerprint density at radius 3 is 2.55 bits per heavy atom. The first-order valence-corrected chi connectivity index (χ1v) is 6.57. The highest BCUT2D eigenvalue weighted by molar-refractivity contribution is 6.03. The molecule has 2 aromatic rings. The van der Waals surface area contributed by atoms with Crippen molar-refractivity contribution in [3.63, 3.8) is 0 Å². The number of hydrogen-bond acceptors (Lipinski definition) is 3. The van der Waals surface area contributed by atoms with Crippen LogP contribution in [-0.2, 0) is 16.0 Å². The van der Waals surface area contributed by atoms with Crippen molar-refractivity contribution in [1.29, 1.82) is 0 Å². The van der Waals surface area contributed by atoms with Crippen LogP contribution in [0.4, 0.5) is 0 Å². The van der Waals surface area contributed by atoms with E-state index >= 15 is 0 Å². The molecule has 3 rings (SSSR count). The molecule has 1 N–H and O–H groups in total. The molecule has 20 heavy (non-hydrogen) atoms. The van der Waals surface area contributed by atoms with Gasteiger partial charge in [0.05, 0.1) is 13.0 Å². The number of nitrogens with one attached hydrogen (secondary N) is 1. The Kier molecular flexibility index (Phi) is 3.14. The van der Waals surface area contributed by atoms with Gasteiger partial charge < -0.3 is 4.74 Å². The summed E-state index contributed by atoms with van der Waals surface area (Å²) < 4.78 is 5.36. The minimum atomic E-state index is -0.265. The standard InChI is InChI=1S/C16H15NO3/c1-20-14-7-6-10(12-4-2-3-5-13(12)14)8-11-9-15(18)17-16(11)19/h2-7,11H,8-9H2,1H3,(H,17,18,19). The molecular formula is C16H15NO3. The van der Waals surface area contributed by atoms with E-state index in [-0.39, 0.29) is 24.2 Å². The molecule has 1 atom stereocenters. The van der Waals surface area contributed by atoms with Gasteiger partial charge in [0.25, 0.3) is 0 Å². The molecule has 2 amide bonds. The fourth-order valence-corrected chi connectivity index (χ4v) is 2.73. The summed E-state index contributed by atoms with van der Waals surface area (Å²) in [5, 5.41) is 4.45. The molecule has 1 fully saturated rings. The predicted molar refractivity (Wildman–Crippen MR) is 75.5 cm³/mol. The van der Waals surface area contributed by atoms with E-state index in [2.05, 4.69) is 5.32 Å². The molecule has 0 radical (unpaired) electrons. The highest BCUT2D eigenvalue weighted by atomic mass is 16.5. The van der Waals surface area contributed by atoms with Crippen LogP contribution in [0.3, 0.4) is 0 Å². The number of amides is 2. The third kappa shape index (κ3) is 2.13. The molecule has 1 aliphatic heterocycles. The third-order valence-corrected chi connectivity index (χ3v) is 3.73. The summed E-state index contributed by atoms with van der Waals surface area (Å²) in [6.07, 6.45) is 0.848. The Labute approximate surface area is 116 Å². The van der Waals surface area contributed by atoms with E-state index in [1.165, 1.54) is 0 Å². The number of benzene rings is 2. The van der Waals surface area contributed by atoms with Crippen LogP contribution in [0.1, 0.15) is 12.0 Å². The summed E-state index contributed by atoms with van der Waals surface area (Å²) in [6.45, 7) is 0. The molecule has 2 aromatic carbocycles. The maximum atomic E-state index is 11.7. The maximum absolute atomic E-state index is 11.7. The van der Waals surface area contributed by atoms with Gasteiger partial charge in [0.15, 0.2) is 0 Å². The van der Waals surface area contributed by atoms with E-state index < -0.39 is 0 Å². The quantitative estimate of drug-likeness (QED) is 0.868. The monoisotopic (exact) mass is 269 g/mol. The smallest absolute Gasteiger partial charge is 0.230 e. The van der Waals surface area contributed by atoms with Gasteiger partial charge >= 0.3 is 0 Å². The van der Waals surface area contributed by atoms with Gasteiger partial charge in [-0.25, -0.2) is 0 Å². The van der Waals surface area contributed by atoms with Crippen molar-refractivity contribution in [2.75, 3.05) is 7.11 Å². The average Bonchev–Trinajstić information content (AvgIpc) is 2.77. The highest BCUT2D eigenvalue weighted by Gasteiger charge is 2.30. The van der Waals surface area contributed by atoms with E-state index in [1.54, 1.807) is 7.11 Å². The third-order valence-electron chi connectivity index (χ3n) is 3.73. The van der Waals surface area contributed by atoms with E-state index in [4.69, 9.17) is 4.74 Å². The van der Waals surface area contributed by atoms with Crippen LogP contribution in [0, 0.1) is 5.92 Å². The highest BCUT2D eigenvalue weighted by Crippen LogP contribution is 2.30. The van der Waals surface area contributed by atoms with Gasteiger partial charge in [0.2, 0.25) is 11.8 Å². The van der Waals surface area contributed by atoms with Gasteiger partial charge in [0.1, 0.15) is 5.75 Å². The number of ether oxygens (including phenoxy) is 1. The van der Waals surface area contributed by atoms with Gasteiger partial charge in [-0.05, 0) is 23.4 Å². The summed E-state index contributed by atoms with van der Waals surface area (Å²) >= 11 is 0. The van der Waals surface area contributed by atoms with Gasteiger partial charge in [0, 0.05) is 11.8 Å². The van der Waals surface area contributed by atoms with Crippen LogP contribution in [0.15, 0.2) is 36.4 Å². The van der Waals surface area contributed by atoms with Gasteiger partial charge in [-0.3, -0.25) is 14.9 Å². The van der Waals surface area contributed by atoms with E-state index in [9.17, 15) is 9.59 Å². The molecule has 0 saturated carbocycles. The van der Waals surface area contributed by atoms with Crippen molar-refractivity contribution >= 4 is 22.6 Å². The average molecular weight is 269 g/mol. The lowest BCUT2D eigenvalue weighted by Crippen LogP contribution is -2.22. The van der Waals surface area contributed by atoms with Gasteiger partial charge in [-0.1, -0.05) is 30.3 Å². The van der Waals surface area contributed by atoms with E-state index in [1.807, 2.05) is 36.4 Å². The number of imide groups is 1. The molecular weight excluding hydrogens is 254 g/mol. The molecule has 0 aromatic heterocycles. The SMILES string of the molecule is COc1ccc(CC2CC(=O)NC2=O)c2ccccc12. The second kappa shape index (κ2) is 4.96. The second-order valence-electron chi connectivity index (χ2n) is 4.99. The number of hydrogen-bond donors (Lipinski definition) is 1. The van der Waals surface area contributed by atoms with Crippen molar-refractivity contribution in [1.82, 2.24) is 5.32 Å².